The molecule has 1 unspecified atom stereocenters. The van der Waals surface area contributed by atoms with Crippen molar-refractivity contribution in [1.29, 1.82) is 0 Å². The van der Waals surface area contributed by atoms with Crippen LogP contribution in [0.5, 0.6) is 0 Å². The third-order valence-corrected chi connectivity index (χ3v) is 3.10. The number of thioether (sulfide) groups is 1. The molecule has 7 nitrogen and oxygen atoms in total. The Morgan fingerprint density at radius 3 is 2.65 bits per heavy atom. The van der Waals surface area contributed by atoms with Crippen molar-refractivity contribution in [2.75, 3.05) is 5.75 Å². The molecule has 3 N–H and O–H groups in total. The fourth-order valence-corrected chi connectivity index (χ4v) is 2.04. The lowest BCUT2D eigenvalue weighted by molar-refractivity contribution is -0.133. The first kappa shape index (κ1) is 13.5. The largest absolute Gasteiger partial charge is 0.481 e. The second-order valence-corrected chi connectivity index (χ2v) is 4.33. The first-order valence-electron chi connectivity index (χ1n) is 5.05. The van der Waals surface area contributed by atoms with Crippen LogP contribution in [-0.4, -0.2) is 37.5 Å². The number of hydrogen-bond acceptors (Lipinski definition) is 5. The molecule has 0 aromatic carbocycles. The van der Waals surface area contributed by atoms with Gasteiger partial charge in [-0.3, -0.25) is 14.2 Å². The smallest absolute Gasteiger partial charge is 0.313 e. The normalized spacial score (nSPS) is 12.4. The van der Waals surface area contributed by atoms with E-state index in [0.717, 1.165) is 11.8 Å². The lowest BCUT2D eigenvalue weighted by Crippen LogP contribution is -2.26. The van der Waals surface area contributed by atoms with Crippen molar-refractivity contribution in [2.45, 2.75) is 31.5 Å². The second-order valence-electron chi connectivity index (χ2n) is 3.38. The van der Waals surface area contributed by atoms with Crippen LogP contribution in [0.25, 0.3) is 0 Å². The number of carbonyl (C=O) groups excluding carboxylic acids is 1. The Kier molecular flexibility index (Phi) is 4.50. The number of hydrogen-bond donors (Lipinski definition) is 2. The molecule has 0 spiro atoms. The third kappa shape index (κ3) is 3.19. The number of aryl methyl sites for hydroxylation is 1. The Balaban J connectivity index is 3.01. The molecule has 0 radical (unpaired) electrons. The number of nitrogens with two attached hydrogens (primary N) is 1. The maximum Gasteiger partial charge on any atom is 0.313 e. The van der Waals surface area contributed by atoms with Crippen LogP contribution >= 0.6 is 11.8 Å². The van der Waals surface area contributed by atoms with Crippen LogP contribution in [0.4, 0.5) is 0 Å². The summed E-state index contributed by atoms with van der Waals surface area (Å²) in [7, 11) is 0. The molecule has 1 aromatic heterocycles. The summed E-state index contributed by atoms with van der Waals surface area (Å²) in [6, 6.07) is -0.587. The summed E-state index contributed by atoms with van der Waals surface area (Å²) in [6.07, 6.45) is 0.595. The molecule has 0 aliphatic rings. The second kappa shape index (κ2) is 5.67. The monoisotopic (exact) mass is 258 g/mol. The molecule has 0 aliphatic carbocycles. The van der Waals surface area contributed by atoms with Crippen LogP contribution in [0.15, 0.2) is 5.16 Å². The molecule has 1 atom stereocenters. The van der Waals surface area contributed by atoms with Crippen LogP contribution in [-0.2, 0) is 16.0 Å². The van der Waals surface area contributed by atoms with Crippen molar-refractivity contribution in [2.24, 2.45) is 5.73 Å². The molecule has 1 rings (SSSR count). The molecular formula is C9H14N4O3S. The van der Waals surface area contributed by atoms with Gasteiger partial charge in [0.1, 0.15) is 11.9 Å². The molecular weight excluding hydrogens is 244 g/mol. The van der Waals surface area contributed by atoms with E-state index in [1.165, 1.54) is 0 Å². The number of nitrogens with zero attached hydrogens (tertiary/aromatic N) is 3. The van der Waals surface area contributed by atoms with Gasteiger partial charge in [-0.15, -0.1) is 10.2 Å². The van der Waals surface area contributed by atoms with E-state index in [9.17, 15) is 9.59 Å². The maximum atomic E-state index is 11.2. The molecule has 0 saturated carbocycles. The van der Waals surface area contributed by atoms with Gasteiger partial charge in [-0.1, -0.05) is 18.7 Å². The van der Waals surface area contributed by atoms with Gasteiger partial charge in [-0.05, 0) is 6.92 Å². The molecule has 0 saturated heterocycles. The van der Waals surface area contributed by atoms with Gasteiger partial charge in [-0.25, -0.2) is 0 Å². The summed E-state index contributed by atoms with van der Waals surface area (Å²) in [5.74, 6) is -0.969. The van der Waals surface area contributed by atoms with Crippen molar-refractivity contribution in [3.05, 3.63) is 5.82 Å². The highest BCUT2D eigenvalue weighted by Gasteiger charge is 2.20. The maximum absolute atomic E-state index is 11.2. The molecule has 0 aliphatic heterocycles. The number of aliphatic carboxylic acids is 1. The number of carboxylic acids is 1. The van der Waals surface area contributed by atoms with Gasteiger partial charge < -0.3 is 10.8 Å². The topological polar surface area (TPSA) is 111 Å². The van der Waals surface area contributed by atoms with E-state index in [1.54, 1.807) is 11.5 Å². The first-order chi connectivity index (χ1) is 7.97. The Labute approximate surface area is 102 Å². The molecule has 1 aromatic rings. The van der Waals surface area contributed by atoms with E-state index in [-0.39, 0.29) is 5.75 Å². The van der Waals surface area contributed by atoms with Crippen molar-refractivity contribution in [1.82, 2.24) is 14.8 Å². The van der Waals surface area contributed by atoms with Crippen molar-refractivity contribution in [3.8, 4) is 0 Å². The molecule has 1 heterocycles. The minimum Gasteiger partial charge on any atom is -0.481 e. The van der Waals surface area contributed by atoms with E-state index < -0.39 is 17.9 Å². The zero-order valence-corrected chi connectivity index (χ0v) is 10.4. The molecule has 0 bridgehead atoms. The van der Waals surface area contributed by atoms with Gasteiger partial charge in [0.05, 0.1) is 5.75 Å². The lowest BCUT2D eigenvalue weighted by atomic mass is 10.3. The Morgan fingerprint density at radius 1 is 1.53 bits per heavy atom. The number of rotatable bonds is 6. The SMILES string of the molecule is CCc1nnc(SCC(=O)O)n1C(C)C(N)=O. The van der Waals surface area contributed by atoms with E-state index in [4.69, 9.17) is 10.8 Å². The van der Waals surface area contributed by atoms with Crippen molar-refractivity contribution in [3.63, 3.8) is 0 Å². The van der Waals surface area contributed by atoms with Gasteiger partial charge in [0.2, 0.25) is 5.91 Å². The Hall–Kier alpha value is -1.57. The lowest BCUT2D eigenvalue weighted by Gasteiger charge is -2.13. The highest BCUT2D eigenvalue weighted by Crippen LogP contribution is 2.21. The van der Waals surface area contributed by atoms with E-state index in [1.807, 2.05) is 6.92 Å². The van der Waals surface area contributed by atoms with Gasteiger partial charge >= 0.3 is 5.97 Å². The molecule has 1 amide bonds. The van der Waals surface area contributed by atoms with E-state index in [0.29, 0.717) is 17.4 Å². The molecule has 0 fully saturated rings. The number of carbonyl (C=O) groups is 2. The predicted molar refractivity (Wildman–Crippen MR) is 61.7 cm³/mol. The third-order valence-electron chi connectivity index (χ3n) is 2.18. The fourth-order valence-electron chi connectivity index (χ4n) is 1.29. The number of primary amides is 1. The molecule has 94 valence electrons. The average Bonchev–Trinajstić information content (AvgIpc) is 2.67. The molecule has 8 heteroatoms. The van der Waals surface area contributed by atoms with Gasteiger partial charge in [-0.2, -0.15) is 0 Å². The first-order valence-corrected chi connectivity index (χ1v) is 6.03. The van der Waals surface area contributed by atoms with Gasteiger partial charge in [0.25, 0.3) is 0 Å². The quantitative estimate of drug-likeness (QED) is 0.698. The average molecular weight is 258 g/mol. The van der Waals surface area contributed by atoms with Crippen LogP contribution in [0, 0.1) is 0 Å². The van der Waals surface area contributed by atoms with Crippen LogP contribution in [0.2, 0.25) is 0 Å². The predicted octanol–water partition coefficient (Wildman–Crippen LogP) is 0.0635. The highest BCUT2D eigenvalue weighted by atomic mass is 32.2. The number of carboxylic acid groups (broad SMARTS) is 1. The van der Waals surface area contributed by atoms with E-state index >= 15 is 0 Å². The van der Waals surface area contributed by atoms with Crippen LogP contribution in [0.3, 0.4) is 0 Å². The zero-order chi connectivity index (χ0) is 13.0. The minimum absolute atomic E-state index is 0.132. The Bertz CT molecular complexity index is 432. The van der Waals surface area contributed by atoms with E-state index in [2.05, 4.69) is 10.2 Å². The van der Waals surface area contributed by atoms with Gasteiger partial charge in [0, 0.05) is 6.42 Å². The van der Waals surface area contributed by atoms with Crippen molar-refractivity contribution >= 4 is 23.6 Å². The number of amides is 1. The summed E-state index contributed by atoms with van der Waals surface area (Å²) in [5, 5.41) is 16.8. The summed E-state index contributed by atoms with van der Waals surface area (Å²) >= 11 is 1.02. The summed E-state index contributed by atoms with van der Waals surface area (Å²) in [5.41, 5.74) is 5.23. The highest BCUT2D eigenvalue weighted by molar-refractivity contribution is 7.99. The standard InChI is InChI=1S/C9H14N4O3S/c1-3-6-11-12-9(17-4-7(14)15)13(6)5(2)8(10)16/h5H,3-4H2,1-2H3,(H2,10,16)(H,14,15). The van der Waals surface area contributed by atoms with Crippen LogP contribution in [0.1, 0.15) is 25.7 Å². The van der Waals surface area contributed by atoms with Crippen LogP contribution < -0.4 is 5.73 Å². The fraction of sp³-hybridized carbons (Fsp3) is 0.556. The summed E-state index contributed by atoms with van der Waals surface area (Å²) in [6.45, 7) is 3.51. The molecule has 17 heavy (non-hydrogen) atoms. The van der Waals surface area contributed by atoms with Gasteiger partial charge in [0.15, 0.2) is 5.16 Å². The minimum atomic E-state index is -0.950. The Morgan fingerprint density at radius 2 is 2.18 bits per heavy atom. The summed E-state index contributed by atoms with van der Waals surface area (Å²) < 4.78 is 1.58. The summed E-state index contributed by atoms with van der Waals surface area (Å²) in [4.78, 5) is 21.7. The van der Waals surface area contributed by atoms with Crippen molar-refractivity contribution < 1.29 is 14.7 Å². The number of aromatic nitrogens is 3. The zero-order valence-electron chi connectivity index (χ0n) is 9.58.